The lowest BCUT2D eigenvalue weighted by Gasteiger charge is -1.95. The van der Waals surface area contributed by atoms with Crippen LogP contribution in [0.25, 0.3) is 0 Å². The number of halogens is 3. The average molecular weight is 147 g/mol. The molecule has 0 saturated carbocycles. The zero-order valence-electron chi connectivity index (χ0n) is 5.16. The molecule has 0 aliphatic rings. The van der Waals surface area contributed by atoms with Crippen molar-refractivity contribution in [3.8, 4) is 0 Å². The summed E-state index contributed by atoms with van der Waals surface area (Å²) in [4.78, 5) is 2.96. The fraction of sp³-hybridized carbons (Fsp3) is 0.167. The Labute approximate surface area is 55.5 Å². The van der Waals surface area contributed by atoms with Gasteiger partial charge in [-0.3, -0.25) is 0 Å². The normalized spacial score (nSPS) is 10.0. The first-order valence-electron chi connectivity index (χ1n) is 2.59. The van der Waals surface area contributed by atoms with E-state index in [9.17, 15) is 13.2 Å². The lowest BCUT2D eigenvalue weighted by molar-refractivity contribution is 0.468. The van der Waals surface area contributed by atoms with Crippen LogP contribution in [0, 0.1) is 24.5 Å². The lowest BCUT2D eigenvalue weighted by atomic mass is 10.3. The number of rotatable bonds is 0. The Morgan fingerprint density at radius 3 is 2.40 bits per heavy atom. The van der Waals surface area contributed by atoms with Crippen LogP contribution in [0.2, 0.25) is 0 Å². The van der Waals surface area contributed by atoms with Crippen LogP contribution in [-0.2, 0) is 0 Å². The highest BCUT2D eigenvalue weighted by Gasteiger charge is 2.09. The molecule has 54 valence electrons. The monoisotopic (exact) mass is 147 g/mol. The standard InChI is InChI=1S/C6H4F3N/c1-3-5(8)4(7)2-10-6(3)9/h2H,1H3. The van der Waals surface area contributed by atoms with E-state index in [0.717, 1.165) is 6.92 Å². The Kier molecular flexibility index (Phi) is 1.61. The summed E-state index contributed by atoms with van der Waals surface area (Å²) in [6.07, 6.45) is 0.512. The molecule has 1 aromatic heterocycles. The van der Waals surface area contributed by atoms with E-state index in [2.05, 4.69) is 4.98 Å². The van der Waals surface area contributed by atoms with E-state index < -0.39 is 17.6 Å². The molecule has 4 heteroatoms. The van der Waals surface area contributed by atoms with E-state index >= 15 is 0 Å². The van der Waals surface area contributed by atoms with Gasteiger partial charge >= 0.3 is 0 Å². The first-order valence-corrected chi connectivity index (χ1v) is 2.59. The van der Waals surface area contributed by atoms with Gasteiger partial charge in [-0.25, -0.2) is 13.8 Å². The van der Waals surface area contributed by atoms with Crippen LogP contribution in [0.3, 0.4) is 0 Å². The van der Waals surface area contributed by atoms with Gasteiger partial charge in [0.2, 0.25) is 5.95 Å². The fourth-order valence-corrected chi connectivity index (χ4v) is 0.537. The van der Waals surface area contributed by atoms with Crippen molar-refractivity contribution in [3.63, 3.8) is 0 Å². The number of hydrogen-bond donors (Lipinski definition) is 0. The average Bonchev–Trinajstić information content (AvgIpc) is 1.93. The highest BCUT2D eigenvalue weighted by Crippen LogP contribution is 2.10. The molecule has 0 aliphatic heterocycles. The van der Waals surface area contributed by atoms with Gasteiger partial charge in [-0.05, 0) is 6.92 Å². The molecule has 0 amide bonds. The second-order valence-corrected chi connectivity index (χ2v) is 1.84. The molecule has 0 saturated heterocycles. The third-order valence-electron chi connectivity index (χ3n) is 1.14. The summed E-state index contributed by atoms with van der Waals surface area (Å²) in [6.45, 7) is 1.13. The van der Waals surface area contributed by atoms with E-state index in [1.165, 1.54) is 0 Å². The summed E-state index contributed by atoms with van der Waals surface area (Å²) in [7, 11) is 0. The van der Waals surface area contributed by atoms with Gasteiger partial charge in [-0.15, -0.1) is 0 Å². The maximum atomic E-state index is 12.3. The van der Waals surface area contributed by atoms with E-state index in [4.69, 9.17) is 0 Å². The van der Waals surface area contributed by atoms with Crippen molar-refractivity contribution in [2.24, 2.45) is 0 Å². The third kappa shape index (κ3) is 0.964. The lowest BCUT2D eigenvalue weighted by Crippen LogP contribution is -1.95. The van der Waals surface area contributed by atoms with Crippen molar-refractivity contribution < 1.29 is 13.2 Å². The van der Waals surface area contributed by atoms with Crippen LogP contribution >= 0.6 is 0 Å². The Balaban J connectivity index is 3.34. The maximum absolute atomic E-state index is 12.3. The summed E-state index contributed by atoms with van der Waals surface area (Å²) in [5.41, 5.74) is -0.389. The van der Waals surface area contributed by atoms with Crippen LogP contribution in [0.1, 0.15) is 5.56 Å². The molecule has 0 atom stereocenters. The third-order valence-corrected chi connectivity index (χ3v) is 1.14. The number of hydrogen-bond acceptors (Lipinski definition) is 1. The molecule has 0 aromatic carbocycles. The second kappa shape index (κ2) is 2.28. The highest BCUT2D eigenvalue weighted by atomic mass is 19.2. The molecule has 10 heavy (non-hydrogen) atoms. The quantitative estimate of drug-likeness (QED) is 0.510. The molecule has 0 radical (unpaired) electrons. The van der Waals surface area contributed by atoms with Gasteiger partial charge in [-0.1, -0.05) is 0 Å². The molecule has 0 bridgehead atoms. The van der Waals surface area contributed by atoms with Gasteiger partial charge in [0, 0.05) is 5.56 Å². The van der Waals surface area contributed by atoms with Gasteiger partial charge in [-0.2, -0.15) is 4.39 Å². The van der Waals surface area contributed by atoms with E-state index in [-0.39, 0.29) is 5.56 Å². The molecule has 0 spiro atoms. The van der Waals surface area contributed by atoms with Gasteiger partial charge in [0.1, 0.15) is 0 Å². The van der Waals surface area contributed by atoms with Gasteiger partial charge in [0.15, 0.2) is 11.6 Å². The van der Waals surface area contributed by atoms with Crippen molar-refractivity contribution in [1.29, 1.82) is 0 Å². The summed E-state index contributed by atoms with van der Waals surface area (Å²) in [6, 6.07) is 0. The molecule has 0 aliphatic carbocycles. The van der Waals surface area contributed by atoms with Gasteiger partial charge in [0.25, 0.3) is 0 Å². The zero-order valence-corrected chi connectivity index (χ0v) is 5.16. The zero-order chi connectivity index (χ0) is 7.72. The molecular formula is C6H4F3N. The predicted molar refractivity (Wildman–Crippen MR) is 28.8 cm³/mol. The summed E-state index contributed by atoms with van der Waals surface area (Å²) in [5, 5.41) is 0. The smallest absolute Gasteiger partial charge is 0.218 e. The molecule has 0 N–H and O–H groups in total. The van der Waals surface area contributed by atoms with Crippen LogP contribution in [-0.4, -0.2) is 4.98 Å². The van der Waals surface area contributed by atoms with Crippen LogP contribution in [0.4, 0.5) is 13.2 Å². The molecule has 1 nitrogen and oxygen atoms in total. The number of nitrogens with zero attached hydrogens (tertiary/aromatic N) is 1. The second-order valence-electron chi connectivity index (χ2n) is 1.84. The predicted octanol–water partition coefficient (Wildman–Crippen LogP) is 1.81. The Hall–Kier alpha value is -1.06. The van der Waals surface area contributed by atoms with E-state index in [1.807, 2.05) is 0 Å². The van der Waals surface area contributed by atoms with Crippen molar-refractivity contribution in [1.82, 2.24) is 4.98 Å². The Morgan fingerprint density at radius 1 is 1.30 bits per heavy atom. The number of pyridine rings is 1. The van der Waals surface area contributed by atoms with Crippen molar-refractivity contribution in [2.75, 3.05) is 0 Å². The van der Waals surface area contributed by atoms with Gasteiger partial charge < -0.3 is 0 Å². The SMILES string of the molecule is Cc1c(F)ncc(F)c1F. The molecular weight excluding hydrogens is 143 g/mol. The Morgan fingerprint density at radius 2 is 1.90 bits per heavy atom. The van der Waals surface area contributed by atoms with Gasteiger partial charge in [0.05, 0.1) is 6.20 Å². The molecule has 0 unspecified atom stereocenters. The van der Waals surface area contributed by atoms with Crippen LogP contribution in [0.15, 0.2) is 6.20 Å². The van der Waals surface area contributed by atoms with Crippen LogP contribution in [0.5, 0.6) is 0 Å². The minimum atomic E-state index is -1.17. The minimum absolute atomic E-state index is 0.389. The largest absolute Gasteiger partial charge is 0.225 e. The minimum Gasteiger partial charge on any atom is -0.225 e. The first-order chi connectivity index (χ1) is 4.63. The van der Waals surface area contributed by atoms with E-state index in [0.29, 0.717) is 6.20 Å². The number of aromatic nitrogens is 1. The summed E-state index contributed by atoms with van der Waals surface area (Å²) < 4.78 is 36.7. The first kappa shape index (κ1) is 7.05. The van der Waals surface area contributed by atoms with Crippen LogP contribution < -0.4 is 0 Å². The molecule has 1 heterocycles. The molecule has 0 fully saturated rings. The Bertz CT molecular complexity index is 232. The van der Waals surface area contributed by atoms with E-state index in [1.54, 1.807) is 0 Å². The summed E-state index contributed by atoms with van der Waals surface area (Å²) in [5.74, 6) is -3.27. The fourth-order valence-electron chi connectivity index (χ4n) is 0.537. The topological polar surface area (TPSA) is 12.9 Å². The molecule has 1 rings (SSSR count). The maximum Gasteiger partial charge on any atom is 0.218 e. The molecule has 1 aromatic rings. The van der Waals surface area contributed by atoms with Crippen molar-refractivity contribution >= 4 is 0 Å². The summed E-state index contributed by atoms with van der Waals surface area (Å²) >= 11 is 0. The highest BCUT2D eigenvalue weighted by molar-refractivity contribution is 5.12. The van der Waals surface area contributed by atoms with Crippen molar-refractivity contribution in [2.45, 2.75) is 6.92 Å². The van der Waals surface area contributed by atoms with Crippen molar-refractivity contribution in [3.05, 3.63) is 29.3 Å².